The zero-order valence-corrected chi connectivity index (χ0v) is 14.0. The molecule has 1 aromatic carbocycles. The fraction of sp³-hybridized carbons (Fsp3) is 0.167. The summed E-state index contributed by atoms with van der Waals surface area (Å²) in [6, 6.07) is 10.5. The number of carbonyl (C=O) groups excluding carboxylic acids is 2. The van der Waals surface area contributed by atoms with Crippen LogP contribution < -0.4 is 5.73 Å². The molecule has 1 aliphatic rings. The summed E-state index contributed by atoms with van der Waals surface area (Å²) in [5.41, 5.74) is 8.47. The van der Waals surface area contributed by atoms with Crippen LogP contribution in [-0.2, 0) is 17.8 Å². The molecular weight excluding hydrogens is 340 g/mol. The van der Waals surface area contributed by atoms with Crippen molar-refractivity contribution in [3.8, 4) is 0 Å². The Labute approximate surface area is 148 Å². The molecule has 0 unspecified atom stereocenters. The van der Waals surface area contributed by atoms with Gasteiger partial charge in [0.1, 0.15) is 17.4 Å². The Hall–Kier alpha value is -2.86. The first-order valence-corrected chi connectivity index (χ1v) is 8.22. The van der Waals surface area contributed by atoms with E-state index in [0.29, 0.717) is 23.6 Å². The molecule has 6 nitrogen and oxygen atoms in total. The van der Waals surface area contributed by atoms with Crippen LogP contribution >= 0.6 is 11.6 Å². The maximum absolute atomic E-state index is 13.0. The predicted octanol–water partition coefficient (Wildman–Crippen LogP) is 2.04. The number of hydrogen-bond acceptors (Lipinski definition) is 3. The van der Waals surface area contributed by atoms with E-state index in [0.717, 1.165) is 11.1 Å². The summed E-state index contributed by atoms with van der Waals surface area (Å²) in [5.74, 6) is -0.840. The number of pyridine rings is 1. The van der Waals surface area contributed by atoms with Gasteiger partial charge in [-0.25, -0.2) is 4.98 Å². The number of benzene rings is 1. The second-order valence-electron chi connectivity index (χ2n) is 6.06. The lowest BCUT2D eigenvalue weighted by molar-refractivity contribution is -0.122. The minimum absolute atomic E-state index is 0.257. The topological polar surface area (TPSA) is 80.7 Å². The first-order chi connectivity index (χ1) is 12.0. The molecule has 0 saturated heterocycles. The number of rotatable bonds is 2. The van der Waals surface area contributed by atoms with E-state index in [1.807, 2.05) is 24.3 Å². The maximum atomic E-state index is 13.0. The van der Waals surface area contributed by atoms with Gasteiger partial charge in [0.25, 0.3) is 5.91 Å². The molecule has 0 radical (unpaired) electrons. The van der Waals surface area contributed by atoms with Crippen molar-refractivity contribution in [2.75, 3.05) is 0 Å². The molecule has 3 aromatic rings. The molecule has 0 spiro atoms. The number of nitrogens with zero attached hydrogens (tertiary/aromatic N) is 3. The van der Waals surface area contributed by atoms with Gasteiger partial charge in [-0.3, -0.25) is 9.59 Å². The highest BCUT2D eigenvalue weighted by Crippen LogP contribution is 2.25. The maximum Gasteiger partial charge on any atom is 0.275 e. The highest BCUT2D eigenvalue weighted by atomic mass is 35.5. The molecular formula is C18H15ClN4O2. The fourth-order valence-corrected chi connectivity index (χ4v) is 3.37. The number of nitrogens with two attached hydrogens (primary N) is 1. The smallest absolute Gasteiger partial charge is 0.275 e. The zero-order chi connectivity index (χ0) is 17.6. The number of imidazole rings is 1. The molecule has 3 heterocycles. The van der Waals surface area contributed by atoms with Crippen molar-refractivity contribution in [2.45, 2.75) is 19.0 Å². The van der Waals surface area contributed by atoms with E-state index in [2.05, 4.69) is 4.98 Å². The number of fused-ring (bicyclic) bond motifs is 2. The van der Waals surface area contributed by atoms with Gasteiger partial charge in [-0.15, -0.1) is 0 Å². The third kappa shape index (κ3) is 2.74. The molecule has 2 amide bonds. The van der Waals surface area contributed by atoms with Gasteiger partial charge in [-0.05, 0) is 23.3 Å². The Kier molecular flexibility index (Phi) is 3.69. The van der Waals surface area contributed by atoms with Crippen LogP contribution in [0.2, 0.25) is 5.02 Å². The second kappa shape index (κ2) is 5.89. The number of primary amides is 1. The monoisotopic (exact) mass is 354 g/mol. The van der Waals surface area contributed by atoms with Crippen molar-refractivity contribution in [3.63, 3.8) is 0 Å². The molecule has 0 aliphatic carbocycles. The summed E-state index contributed by atoms with van der Waals surface area (Å²) < 4.78 is 1.69. The Balaban J connectivity index is 1.72. The van der Waals surface area contributed by atoms with Crippen molar-refractivity contribution in [3.05, 3.63) is 70.6 Å². The van der Waals surface area contributed by atoms with Crippen molar-refractivity contribution < 1.29 is 9.59 Å². The standard InChI is InChI=1S/C18H15ClN4O2/c19-13-5-6-16-21-14(10-22(16)9-13)18(25)23-8-12-4-2-1-3-11(12)7-15(23)17(20)24/h1-6,9-10,15H,7-8H2,(H2,20,24)/t15-/m0/s1. The third-order valence-electron chi connectivity index (χ3n) is 4.47. The van der Waals surface area contributed by atoms with Gasteiger partial charge in [0, 0.05) is 25.4 Å². The molecule has 2 N–H and O–H groups in total. The second-order valence-corrected chi connectivity index (χ2v) is 6.50. The lowest BCUT2D eigenvalue weighted by Gasteiger charge is -2.34. The Morgan fingerprint density at radius 3 is 2.64 bits per heavy atom. The molecule has 7 heteroatoms. The first kappa shape index (κ1) is 15.7. The highest BCUT2D eigenvalue weighted by Gasteiger charge is 2.34. The molecule has 0 bridgehead atoms. The summed E-state index contributed by atoms with van der Waals surface area (Å²) in [4.78, 5) is 30.7. The van der Waals surface area contributed by atoms with Crippen LogP contribution in [-0.4, -0.2) is 32.1 Å². The van der Waals surface area contributed by atoms with Crippen LogP contribution in [0.15, 0.2) is 48.8 Å². The fourth-order valence-electron chi connectivity index (χ4n) is 3.21. The van der Waals surface area contributed by atoms with E-state index >= 15 is 0 Å². The minimum atomic E-state index is -0.684. The summed E-state index contributed by atoms with van der Waals surface area (Å²) in [6.07, 6.45) is 3.70. The van der Waals surface area contributed by atoms with E-state index in [9.17, 15) is 9.59 Å². The van der Waals surface area contributed by atoms with Gasteiger partial charge in [0.05, 0.1) is 5.02 Å². The molecule has 2 aromatic heterocycles. The van der Waals surface area contributed by atoms with E-state index < -0.39 is 11.9 Å². The Morgan fingerprint density at radius 1 is 1.12 bits per heavy atom. The van der Waals surface area contributed by atoms with Gasteiger partial charge in [-0.1, -0.05) is 35.9 Å². The lowest BCUT2D eigenvalue weighted by Crippen LogP contribution is -2.51. The Morgan fingerprint density at radius 2 is 1.88 bits per heavy atom. The van der Waals surface area contributed by atoms with Gasteiger partial charge in [-0.2, -0.15) is 0 Å². The highest BCUT2D eigenvalue weighted by molar-refractivity contribution is 6.30. The van der Waals surface area contributed by atoms with Crippen molar-refractivity contribution in [1.82, 2.24) is 14.3 Å². The van der Waals surface area contributed by atoms with Crippen molar-refractivity contribution in [2.24, 2.45) is 5.73 Å². The number of amides is 2. The van der Waals surface area contributed by atoms with Crippen LogP contribution in [0.4, 0.5) is 0 Å². The molecule has 4 rings (SSSR count). The van der Waals surface area contributed by atoms with Gasteiger partial charge in [0.2, 0.25) is 5.91 Å². The molecule has 25 heavy (non-hydrogen) atoms. The summed E-state index contributed by atoms with van der Waals surface area (Å²) in [6.45, 7) is 0.331. The lowest BCUT2D eigenvalue weighted by atomic mass is 9.93. The summed E-state index contributed by atoms with van der Waals surface area (Å²) >= 11 is 5.97. The van der Waals surface area contributed by atoms with Crippen LogP contribution in [0.5, 0.6) is 0 Å². The summed E-state index contributed by atoms with van der Waals surface area (Å²) in [7, 11) is 0. The van der Waals surface area contributed by atoms with Gasteiger partial charge >= 0.3 is 0 Å². The van der Waals surface area contributed by atoms with Gasteiger partial charge in [0.15, 0.2) is 0 Å². The number of halogens is 1. The molecule has 1 aliphatic heterocycles. The average Bonchev–Trinajstić information content (AvgIpc) is 3.03. The van der Waals surface area contributed by atoms with E-state index in [4.69, 9.17) is 17.3 Å². The van der Waals surface area contributed by atoms with E-state index in [1.165, 1.54) is 4.90 Å². The van der Waals surface area contributed by atoms with Crippen molar-refractivity contribution in [1.29, 1.82) is 0 Å². The third-order valence-corrected chi connectivity index (χ3v) is 4.70. The number of aromatic nitrogens is 2. The molecule has 1 atom stereocenters. The average molecular weight is 355 g/mol. The van der Waals surface area contributed by atoms with Crippen LogP contribution in [0, 0.1) is 0 Å². The van der Waals surface area contributed by atoms with Crippen LogP contribution in [0.25, 0.3) is 5.65 Å². The van der Waals surface area contributed by atoms with E-state index in [1.54, 1.807) is 28.9 Å². The first-order valence-electron chi connectivity index (χ1n) is 7.84. The predicted molar refractivity (Wildman–Crippen MR) is 93.2 cm³/mol. The molecule has 0 saturated carbocycles. The largest absolute Gasteiger partial charge is 0.368 e. The SMILES string of the molecule is NC(=O)[C@@H]1Cc2ccccc2CN1C(=O)c1cn2cc(Cl)ccc2n1. The minimum Gasteiger partial charge on any atom is -0.368 e. The molecule has 0 fully saturated rings. The van der Waals surface area contributed by atoms with E-state index in [-0.39, 0.29) is 11.6 Å². The molecule has 126 valence electrons. The quantitative estimate of drug-likeness (QED) is 0.764. The van der Waals surface area contributed by atoms with Crippen molar-refractivity contribution >= 4 is 29.1 Å². The number of carbonyl (C=O) groups is 2. The zero-order valence-electron chi connectivity index (χ0n) is 13.2. The normalized spacial score (nSPS) is 16.7. The van der Waals surface area contributed by atoms with Crippen LogP contribution in [0.1, 0.15) is 21.6 Å². The summed E-state index contributed by atoms with van der Waals surface area (Å²) in [5, 5.41) is 0.547. The van der Waals surface area contributed by atoms with Crippen LogP contribution in [0.3, 0.4) is 0 Å². The van der Waals surface area contributed by atoms with Gasteiger partial charge < -0.3 is 15.0 Å². The number of hydrogen-bond donors (Lipinski definition) is 1. The Bertz CT molecular complexity index is 998.